The van der Waals surface area contributed by atoms with Crippen LogP contribution in [0.15, 0.2) is 29.2 Å². The number of nitrogens with one attached hydrogen (secondary N) is 1. The van der Waals surface area contributed by atoms with Gasteiger partial charge in [0, 0.05) is 35.3 Å². The minimum absolute atomic E-state index is 0.0951. The molecular formula is C17H20N2O4S2. The molecule has 2 aliphatic heterocycles. The van der Waals surface area contributed by atoms with Crippen LogP contribution in [0.1, 0.15) is 28.9 Å². The van der Waals surface area contributed by atoms with E-state index in [1.807, 2.05) is 12.1 Å². The molecule has 134 valence electrons. The highest BCUT2D eigenvalue weighted by atomic mass is 32.2. The average molecular weight is 380 g/mol. The minimum Gasteiger partial charge on any atom is -0.465 e. The quantitative estimate of drug-likeness (QED) is 0.826. The molecule has 0 saturated carbocycles. The molecule has 1 aromatic carbocycles. The van der Waals surface area contributed by atoms with E-state index >= 15 is 0 Å². The summed E-state index contributed by atoms with van der Waals surface area (Å²) in [4.78, 5) is 12.5. The van der Waals surface area contributed by atoms with E-state index in [1.54, 1.807) is 12.1 Å². The van der Waals surface area contributed by atoms with Crippen molar-refractivity contribution in [2.45, 2.75) is 36.2 Å². The van der Waals surface area contributed by atoms with E-state index in [-0.39, 0.29) is 15.8 Å². The van der Waals surface area contributed by atoms with Crippen molar-refractivity contribution in [3.8, 4) is 0 Å². The van der Waals surface area contributed by atoms with Crippen LogP contribution in [0.4, 0.5) is 0 Å². The van der Waals surface area contributed by atoms with Crippen molar-refractivity contribution in [2.24, 2.45) is 0 Å². The lowest BCUT2D eigenvalue weighted by Crippen LogP contribution is -2.39. The molecule has 2 bridgehead atoms. The Labute approximate surface area is 150 Å². The van der Waals surface area contributed by atoms with Crippen LogP contribution in [0.3, 0.4) is 0 Å². The second kappa shape index (κ2) is 6.35. The second-order valence-corrected chi connectivity index (χ2v) is 9.46. The number of sulfonamides is 1. The third-order valence-corrected chi connectivity index (χ3v) is 8.24. The maximum absolute atomic E-state index is 13.4. The predicted octanol–water partition coefficient (Wildman–Crippen LogP) is 2.20. The fraction of sp³-hybridized carbons (Fsp3) is 0.471. The Morgan fingerprint density at radius 3 is 2.80 bits per heavy atom. The number of esters is 1. The third kappa shape index (κ3) is 2.87. The van der Waals surface area contributed by atoms with Gasteiger partial charge in [-0.2, -0.15) is 4.31 Å². The van der Waals surface area contributed by atoms with Gasteiger partial charge in [0.1, 0.15) is 9.77 Å². The highest BCUT2D eigenvalue weighted by molar-refractivity contribution is 7.89. The molecule has 25 heavy (non-hydrogen) atoms. The zero-order valence-electron chi connectivity index (χ0n) is 13.9. The fourth-order valence-electron chi connectivity index (χ4n) is 3.76. The lowest BCUT2D eigenvalue weighted by molar-refractivity contribution is 0.0602. The molecule has 6 nitrogen and oxygen atoms in total. The van der Waals surface area contributed by atoms with Crippen molar-refractivity contribution in [3.05, 3.63) is 29.1 Å². The fourth-order valence-corrected chi connectivity index (χ4v) is 7.04. The molecule has 3 heterocycles. The van der Waals surface area contributed by atoms with Crippen molar-refractivity contribution in [3.63, 3.8) is 0 Å². The molecule has 0 spiro atoms. The Morgan fingerprint density at radius 1 is 1.24 bits per heavy atom. The normalized spacial score (nSPS) is 24.4. The predicted molar refractivity (Wildman–Crippen MR) is 96.5 cm³/mol. The third-order valence-electron chi connectivity index (χ3n) is 5.00. The molecule has 8 heteroatoms. The molecule has 2 fully saturated rings. The number of thiophene rings is 1. The van der Waals surface area contributed by atoms with Crippen LogP contribution < -0.4 is 5.32 Å². The summed E-state index contributed by atoms with van der Waals surface area (Å²) in [6.07, 6.45) is 2.89. The zero-order chi connectivity index (χ0) is 17.6. The van der Waals surface area contributed by atoms with E-state index in [2.05, 4.69) is 5.32 Å². The van der Waals surface area contributed by atoms with E-state index in [1.165, 1.54) is 22.8 Å². The summed E-state index contributed by atoms with van der Waals surface area (Å²) < 4.78 is 34.0. The summed E-state index contributed by atoms with van der Waals surface area (Å²) >= 11 is 1.17. The van der Waals surface area contributed by atoms with Gasteiger partial charge < -0.3 is 10.1 Å². The van der Waals surface area contributed by atoms with Gasteiger partial charge in [0.25, 0.3) is 0 Å². The van der Waals surface area contributed by atoms with Gasteiger partial charge in [-0.25, -0.2) is 13.2 Å². The number of methoxy groups -OCH3 is 1. The molecular weight excluding hydrogens is 360 g/mol. The van der Waals surface area contributed by atoms with Gasteiger partial charge in [-0.05, 0) is 25.3 Å². The Hall–Kier alpha value is -1.48. The van der Waals surface area contributed by atoms with Gasteiger partial charge in [-0.3, -0.25) is 0 Å². The number of hydrogen-bond donors (Lipinski definition) is 1. The van der Waals surface area contributed by atoms with E-state index < -0.39 is 16.0 Å². The van der Waals surface area contributed by atoms with Crippen molar-refractivity contribution in [2.75, 3.05) is 20.2 Å². The van der Waals surface area contributed by atoms with E-state index in [0.717, 1.165) is 24.0 Å². The van der Waals surface area contributed by atoms with E-state index in [4.69, 9.17) is 4.74 Å². The first-order valence-electron chi connectivity index (χ1n) is 8.36. The first-order chi connectivity index (χ1) is 12.0. The zero-order valence-corrected chi connectivity index (χ0v) is 15.5. The maximum Gasteiger partial charge on any atom is 0.349 e. The molecule has 0 radical (unpaired) electrons. The Balaban J connectivity index is 1.83. The lowest BCUT2D eigenvalue weighted by atomic mass is 10.1. The monoisotopic (exact) mass is 380 g/mol. The van der Waals surface area contributed by atoms with Gasteiger partial charge in [0.15, 0.2) is 0 Å². The van der Waals surface area contributed by atoms with Gasteiger partial charge in [-0.15, -0.1) is 11.3 Å². The van der Waals surface area contributed by atoms with Crippen molar-refractivity contribution >= 4 is 37.4 Å². The second-order valence-electron chi connectivity index (χ2n) is 6.54. The first-order valence-corrected chi connectivity index (χ1v) is 10.6. The van der Waals surface area contributed by atoms with Gasteiger partial charge in [0.05, 0.1) is 7.11 Å². The number of carbonyl (C=O) groups is 1. The number of rotatable bonds is 3. The van der Waals surface area contributed by atoms with Gasteiger partial charge >= 0.3 is 5.97 Å². The summed E-state index contributed by atoms with van der Waals surface area (Å²) in [5, 5.41) is 4.08. The van der Waals surface area contributed by atoms with E-state index in [9.17, 15) is 13.2 Å². The Kier molecular flexibility index (Phi) is 4.31. The Bertz CT molecular complexity index is 922. The number of hydrogen-bond acceptors (Lipinski definition) is 6. The van der Waals surface area contributed by atoms with E-state index in [0.29, 0.717) is 24.5 Å². The lowest BCUT2D eigenvalue weighted by Gasteiger charge is -2.24. The molecule has 2 saturated heterocycles. The molecule has 2 aromatic rings. The van der Waals surface area contributed by atoms with Crippen molar-refractivity contribution in [1.82, 2.24) is 9.62 Å². The number of ether oxygens (including phenoxy) is 1. The Morgan fingerprint density at radius 2 is 2.00 bits per heavy atom. The molecule has 2 unspecified atom stereocenters. The summed E-state index contributed by atoms with van der Waals surface area (Å²) in [5.41, 5.74) is 0. The SMILES string of the molecule is COC(=O)c1sc2ccccc2c1S(=O)(=O)N1CCC2CCC(C1)N2. The summed E-state index contributed by atoms with van der Waals surface area (Å²) in [7, 11) is -2.50. The number of nitrogens with zero attached hydrogens (tertiary/aromatic N) is 1. The topological polar surface area (TPSA) is 75.7 Å². The average Bonchev–Trinajstić information content (AvgIpc) is 3.14. The molecule has 2 atom stereocenters. The minimum atomic E-state index is -3.77. The van der Waals surface area contributed by atoms with Crippen LogP contribution in [-0.4, -0.2) is 51.0 Å². The molecule has 1 N–H and O–H groups in total. The van der Waals surface area contributed by atoms with Crippen LogP contribution in [0, 0.1) is 0 Å². The smallest absolute Gasteiger partial charge is 0.349 e. The van der Waals surface area contributed by atoms with Gasteiger partial charge in [0.2, 0.25) is 10.0 Å². The van der Waals surface area contributed by atoms with Crippen molar-refractivity contribution < 1.29 is 17.9 Å². The van der Waals surface area contributed by atoms with Gasteiger partial charge in [-0.1, -0.05) is 18.2 Å². The number of fused-ring (bicyclic) bond motifs is 3. The molecule has 1 aromatic heterocycles. The summed E-state index contributed by atoms with van der Waals surface area (Å²) in [5.74, 6) is -0.603. The first kappa shape index (κ1) is 17.0. The standard InChI is InChI=1S/C17H20N2O4S2/c1-23-17(20)15-16(13-4-2-3-5-14(13)24-15)25(21,22)19-9-8-11-6-7-12(10-19)18-11/h2-5,11-12,18H,6-10H2,1H3. The molecule has 0 aliphatic carbocycles. The summed E-state index contributed by atoms with van der Waals surface area (Å²) in [6.45, 7) is 0.922. The number of carbonyl (C=O) groups excluding carboxylic acids is 1. The maximum atomic E-state index is 13.4. The molecule has 0 amide bonds. The molecule has 4 rings (SSSR count). The van der Waals surface area contributed by atoms with Crippen LogP contribution in [0.5, 0.6) is 0 Å². The summed E-state index contributed by atoms with van der Waals surface area (Å²) in [6, 6.07) is 7.80. The van der Waals surface area contributed by atoms with Crippen LogP contribution >= 0.6 is 11.3 Å². The highest BCUT2D eigenvalue weighted by Gasteiger charge is 2.38. The highest BCUT2D eigenvalue weighted by Crippen LogP contribution is 2.37. The molecule has 2 aliphatic rings. The van der Waals surface area contributed by atoms with Crippen LogP contribution in [0.2, 0.25) is 0 Å². The van der Waals surface area contributed by atoms with Crippen LogP contribution in [0.25, 0.3) is 10.1 Å². The number of benzene rings is 1. The largest absolute Gasteiger partial charge is 0.465 e. The van der Waals surface area contributed by atoms with Crippen LogP contribution in [-0.2, 0) is 14.8 Å². The van der Waals surface area contributed by atoms with Crippen molar-refractivity contribution in [1.29, 1.82) is 0 Å².